The molecule has 0 heterocycles. The van der Waals surface area contributed by atoms with E-state index in [0.29, 0.717) is 11.8 Å². The molecule has 59 heavy (non-hydrogen) atoms. The molecule has 0 amide bonds. The topological polar surface area (TPSA) is 3.24 Å². The molecule has 3 saturated carbocycles. The Morgan fingerprint density at radius 2 is 1.14 bits per heavy atom. The molecule has 0 saturated heterocycles. The minimum absolute atomic E-state index is 0.191. The van der Waals surface area contributed by atoms with Crippen molar-refractivity contribution in [3.8, 4) is 44.5 Å². The quantitative estimate of drug-likeness (QED) is 0.149. The van der Waals surface area contributed by atoms with Crippen molar-refractivity contribution >= 4 is 17.1 Å². The second-order valence-corrected chi connectivity index (χ2v) is 18.6. The van der Waals surface area contributed by atoms with E-state index < -0.39 is 0 Å². The van der Waals surface area contributed by atoms with Crippen LogP contribution in [0.15, 0.2) is 164 Å². The normalized spacial score (nSPS) is 20.3. The van der Waals surface area contributed by atoms with Gasteiger partial charge >= 0.3 is 0 Å². The summed E-state index contributed by atoms with van der Waals surface area (Å²) in [7, 11) is 0. The first-order valence-corrected chi connectivity index (χ1v) is 22.5. The van der Waals surface area contributed by atoms with Gasteiger partial charge in [-0.1, -0.05) is 173 Å². The van der Waals surface area contributed by atoms with Crippen molar-refractivity contribution in [2.75, 3.05) is 4.90 Å². The minimum atomic E-state index is -0.191. The molecule has 0 N–H and O–H groups in total. The van der Waals surface area contributed by atoms with Gasteiger partial charge in [0, 0.05) is 22.2 Å². The fourth-order valence-corrected chi connectivity index (χ4v) is 12.1. The van der Waals surface area contributed by atoms with Crippen LogP contribution in [0.4, 0.5) is 17.1 Å². The number of para-hydroxylation sites is 1. The zero-order valence-electron chi connectivity index (χ0n) is 34.7. The van der Waals surface area contributed by atoms with E-state index in [-0.39, 0.29) is 5.41 Å². The molecule has 3 fully saturated rings. The third kappa shape index (κ3) is 6.28. The highest BCUT2D eigenvalue weighted by Gasteiger charge is 2.41. The van der Waals surface area contributed by atoms with E-state index in [9.17, 15) is 0 Å². The summed E-state index contributed by atoms with van der Waals surface area (Å²) in [6, 6.07) is 62.6. The SMILES string of the molecule is CC1(C)c2cc(N(c3ccc(C4CC5CCC4C5)cc3)c3ccccc3-c3ccccc3C3CCCCC3)c(-c3ccccc3)cc2-c2c(-c3ccccc3)cccc21. The maximum absolute atomic E-state index is 2.62. The average Bonchev–Trinajstić information content (AvgIpc) is 4.00. The van der Waals surface area contributed by atoms with E-state index in [4.69, 9.17) is 0 Å². The van der Waals surface area contributed by atoms with Crippen molar-refractivity contribution in [2.24, 2.45) is 11.8 Å². The average molecular weight is 766 g/mol. The summed E-state index contributed by atoms with van der Waals surface area (Å²) < 4.78 is 0. The van der Waals surface area contributed by atoms with Crippen LogP contribution in [-0.2, 0) is 5.41 Å². The van der Waals surface area contributed by atoms with Crippen molar-refractivity contribution in [3.05, 3.63) is 186 Å². The van der Waals surface area contributed by atoms with Crippen LogP contribution in [0.25, 0.3) is 44.5 Å². The van der Waals surface area contributed by atoms with Crippen LogP contribution in [0.5, 0.6) is 0 Å². The van der Waals surface area contributed by atoms with E-state index in [1.54, 1.807) is 0 Å². The fourth-order valence-electron chi connectivity index (χ4n) is 12.1. The maximum Gasteiger partial charge on any atom is 0.0543 e. The minimum Gasteiger partial charge on any atom is -0.309 e. The number of anilines is 3. The standard InChI is InChI=1S/C58H55N/c1-58(2)53-27-16-26-47(41-19-8-4-9-20-41)57(53)52-37-51(42-21-10-5-11-22-42)56(38-54(52)58)59(45-33-31-43(32-34-45)50-36-39-29-30-44(50)35-39)55-28-15-14-25-49(55)48-24-13-12-23-46(48)40-17-6-3-7-18-40/h4-5,8-16,19-28,31-34,37-40,44,50H,3,6-7,17-18,29-30,35-36H2,1-2H3. The number of fused-ring (bicyclic) bond motifs is 5. The molecule has 292 valence electrons. The Balaban J connectivity index is 1.15. The van der Waals surface area contributed by atoms with Crippen molar-refractivity contribution in [1.29, 1.82) is 0 Å². The summed E-state index contributed by atoms with van der Waals surface area (Å²) in [5.74, 6) is 3.07. The maximum atomic E-state index is 2.62. The van der Waals surface area contributed by atoms with E-state index in [2.05, 4.69) is 183 Å². The molecule has 4 aliphatic rings. The van der Waals surface area contributed by atoms with E-state index in [0.717, 1.165) is 11.8 Å². The Labute approximate surface area is 351 Å². The van der Waals surface area contributed by atoms with Gasteiger partial charge in [0.05, 0.1) is 11.4 Å². The van der Waals surface area contributed by atoms with E-state index in [1.165, 1.54) is 142 Å². The van der Waals surface area contributed by atoms with Crippen molar-refractivity contribution in [1.82, 2.24) is 0 Å². The third-order valence-corrected chi connectivity index (χ3v) is 15.0. The Morgan fingerprint density at radius 1 is 0.475 bits per heavy atom. The largest absolute Gasteiger partial charge is 0.309 e. The van der Waals surface area contributed by atoms with Gasteiger partial charge in [0.1, 0.15) is 0 Å². The predicted octanol–water partition coefficient (Wildman–Crippen LogP) is 16.4. The number of hydrogen-bond acceptors (Lipinski definition) is 1. The second-order valence-electron chi connectivity index (χ2n) is 18.6. The lowest BCUT2D eigenvalue weighted by molar-refractivity contribution is 0.420. The highest BCUT2D eigenvalue weighted by atomic mass is 15.1. The molecule has 2 bridgehead atoms. The van der Waals surface area contributed by atoms with Gasteiger partial charge in [0.25, 0.3) is 0 Å². The summed E-state index contributed by atoms with van der Waals surface area (Å²) in [6.07, 6.45) is 12.2. The summed E-state index contributed by atoms with van der Waals surface area (Å²) in [5, 5.41) is 0. The second kappa shape index (κ2) is 14.9. The van der Waals surface area contributed by atoms with Crippen LogP contribution < -0.4 is 4.90 Å². The van der Waals surface area contributed by atoms with Gasteiger partial charge < -0.3 is 4.90 Å². The summed E-state index contributed by atoms with van der Waals surface area (Å²) in [6.45, 7) is 4.86. The van der Waals surface area contributed by atoms with Crippen LogP contribution in [0.1, 0.15) is 106 Å². The Bertz CT molecular complexity index is 2630. The van der Waals surface area contributed by atoms with E-state index in [1.807, 2.05) is 0 Å². The van der Waals surface area contributed by atoms with Crippen LogP contribution >= 0.6 is 0 Å². The molecular weight excluding hydrogens is 711 g/mol. The van der Waals surface area contributed by atoms with Gasteiger partial charge in [-0.3, -0.25) is 0 Å². The summed E-state index contributed by atoms with van der Waals surface area (Å²) in [4.78, 5) is 2.62. The molecule has 7 aromatic rings. The Kier molecular flexibility index (Phi) is 9.18. The molecule has 3 unspecified atom stereocenters. The fraction of sp³-hybridized carbons (Fsp3) is 0.276. The lowest BCUT2D eigenvalue weighted by atomic mass is 9.80. The number of nitrogens with zero attached hydrogens (tertiary/aromatic N) is 1. The molecule has 0 aromatic heterocycles. The lowest BCUT2D eigenvalue weighted by Crippen LogP contribution is -2.18. The molecule has 1 heteroatoms. The van der Waals surface area contributed by atoms with Crippen molar-refractivity contribution in [3.63, 3.8) is 0 Å². The van der Waals surface area contributed by atoms with Crippen LogP contribution in [0.3, 0.4) is 0 Å². The highest BCUT2D eigenvalue weighted by molar-refractivity contribution is 6.00. The van der Waals surface area contributed by atoms with Gasteiger partial charge in [-0.2, -0.15) is 0 Å². The molecule has 0 radical (unpaired) electrons. The van der Waals surface area contributed by atoms with Crippen LogP contribution in [0.2, 0.25) is 0 Å². The molecule has 0 aliphatic heterocycles. The molecule has 1 nitrogen and oxygen atoms in total. The summed E-state index contributed by atoms with van der Waals surface area (Å²) >= 11 is 0. The lowest BCUT2D eigenvalue weighted by Gasteiger charge is -2.33. The molecule has 4 aliphatic carbocycles. The van der Waals surface area contributed by atoms with Gasteiger partial charge in [-0.05, 0) is 142 Å². The molecular formula is C58H55N. The number of hydrogen-bond donors (Lipinski definition) is 0. The molecule has 7 aromatic carbocycles. The number of rotatable bonds is 8. The molecule has 11 rings (SSSR count). The first kappa shape index (κ1) is 36.4. The van der Waals surface area contributed by atoms with Crippen LogP contribution in [-0.4, -0.2) is 0 Å². The van der Waals surface area contributed by atoms with Gasteiger partial charge in [-0.15, -0.1) is 0 Å². The van der Waals surface area contributed by atoms with Crippen LogP contribution in [0, 0.1) is 11.8 Å². The van der Waals surface area contributed by atoms with Gasteiger partial charge in [0.2, 0.25) is 0 Å². The van der Waals surface area contributed by atoms with Gasteiger partial charge in [0.15, 0.2) is 0 Å². The first-order valence-electron chi connectivity index (χ1n) is 22.5. The van der Waals surface area contributed by atoms with E-state index >= 15 is 0 Å². The van der Waals surface area contributed by atoms with Crippen molar-refractivity contribution in [2.45, 2.75) is 88.9 Å². The zero-order valence-corrected chi connectivity index (χ0v) is 34.7. The third-order valence-electron chi connectivity index (χ3n) is 15.0. The smallest absolute Gasteiger partial charge is 0.0543 e. The molecule has 3 atom stereocenters. The Hall–Kier alpha value is -5.66. The van der Waals surface area contributed by atoms with Crippen molar-refractivity contribution < 1.29 is 0 Å². The molecule has 0 spiro atoms. The van der Waals surface area contributed by atoms with Gasteiger partial charge in [-0.25, -0.2) is 0 Å². The summed E-state index contributed by atoms with van der Waals surface area (Å²) in [5.41, 5.74) is 19.8. The highest BCUT2D eigenvalue weighted by Crippen LogP contribution is 2.57. The predicted molar refractivity (Wildman–Crippen MR) is 249 cm³/mol. The zero-order chi connectivity index (χ0) is 39.5. The first-order chi connectivity index (χ1) is 29.0. The number of benzene rings is 7. The Morgan fingerprint density at radius 3 is 1.85 bits per heavy atom. The monoisotopic (exact) mass is 765 g/mol.